The van der Waals surface area contributed by atoms with Crippen LogP contribution in [0.1, 0.15) is 38.2 Å². The molecule has 0 bridgehead atoms. The van der Waals surface area contributed by atoms with Gasteiger partial charge in [-0.05, 0) is 18.4 Å². The second-order valence-electron chi connectivity index (χ2n) is 8.05. The average Bonchev–Trinajstić information content (AvgIpc) is 3.22. The predicted octanol–water partition coefficient (Wildman–Crippen LogP) is 1.83. The molecule has 6 heteroatoms. The van der Waals surface area contributed by atoms with E-state index in [0.717, 1.165) is 51.8 Å². The van der Waals surface area contributed by atoms with Crippen molar-refractivity contribution >= 4 is 11.9 Å². The molecule has 154 valence electrons. The summed E-state index contributed by atoms with van der Waals surface area (Å²) >= 11 is 0. The monoisotopic (exact) mass is 385 g/mol. The van der Waals surface area contributed by atoms with Gasteiger partial charge in [-0.1, -0.05) is 43.2 Å². The maximum absolute atomic E-state index is 11.4. The van der Waals surface area contributed by atoms with Crippen LogP contribution in [0.3, 0.4) is 0 Å². The lowest BCUT2D eigenvalue weighted by molar-refractivity contribution is -0.130. The van der Waals surface area contributed by atoms with Gasteiger partial charge in [0.15, 0.2) is 5.96 Å². The number of hydrogen-bond donors (Lipinski definition) is 2. The first kappa shape index (κ1) is 20.6. The van der Waals surface area contributed by atoms with Gasteiger partial charge in [-0.3, -0.25) is 14.7 Å². The van der Waals surface area contributed by atoms with E-state index >= 15 is 0 Å². The van der Waals surface area contributed by atoms with E-state index in [1.54, 1.807) is 6.92 Å². The van der Waals surface area contributed by atoms with Crippen LogP contribution in [0.4, 0.5) is 0 Å². The minimum atomic E-state index is 0.182. The number of carbonyl (C=O) groups is 1. The maximum Gasteiger partial charge on any atom is 0.219 e. The first-order valence-electron chi connectivity index (χ1n) is 10.6. The summed E-state index contributed by atoms with van der Waals surface area (Å²) in [6, 6.07) is 10.9. The van der Waals surface area contributed by atoms with Crippen molar-refractivity contribution in [1.29, 1.82) is 0 Å². The van der Waals surface area contributed by atoms with Crippen molar-refractivity contribution in [1.82, 2.24) is 20.4 Å². The Bertz CT molecular complexity index is 646. The van der Waals surface area contributed by atoms with Crippen LogP contribution in [0, 0.1) is 0 Å². The molecule has 0 atom stereocenters. The highest BCUT2D eigenvalue weighted by Crippen LogP contribution is 2.40. The molecule has 6 nitrogen and oxygen atoms in total. The molecule has 1 saturated carbocycles. The summed E-state index contributed by atoms with van der Waals surface area (Å²) in [7, 11) is 1.84. The summed E-state index contributed by atoms with van der Waals surface area (Å²) in [5.41, 5.74) is 1.67. The summed E-state index contributed by atoms with van der Waals surface area (Å²) in [6.45, 7) is 7.97. The van der Waals surface area contributed by atoms with E-state index in [1.165, 1.54) is 31.2 Å². The number of rotatable bonds is 6. The molecule has 1 amide bonds. The summed E-state index contributed by atoms with van der Waals surface area (Å²) in [6.07, 6.45) is 5.08. The highest BCUT2D eigenvalue weighted by atomic mass is 16.2. The number of nitrogens with zero attached hydrogens (tertiary/aromatic N) is 3. The number of nitrogens with one attached hydrogen (secondary N) is 2. The van der Waals surface area contributed by atoms with E-state index in [-0.39, 0.29) is 11.3 Å². The Labute approximate surface area is 169 Å². The lowest BCUT2D eigenvalue weighted by Gasteiger charge is -2.34. The van der Waals surface area contributed by atoms with Crippen molar-refractivity contribution < 1.29 is 4.79 Å². The molecule has 1 saturated heterocycles. The largest absolute Gasteiger partial charge is 0.356 e. The van der Waals surface area contributed by atoms with Gasteiger partial charge in [-0.25, -0.2) is 0 Å². The number of aliphatic imine (C=N–C) groups is 1. The third kappa shape index (κ3) is 5.25. The molecule has 0 spiro atoms. The minimum Gasteiger partial charge on any atom is -0.356 e. The Balaban J connectivity index is 1.44. The molecule has 0 unspecified atom stereocenters. The predicted molar refractivity (Wildman–Crippen MR) is 115 cm³/mol. The molecule has 2 aliphatic rings. The van der Waals surface area contributed by atoms with E-state index in [9.17, 15) is 4.79 Å². The molecule has 0 radical (unpaired) electrons. The van der Waals surface area contributed by atoms with Crippen molar-refractivity contribution in [3.8, 4) is 0 Å². The van der Waals surface area contributed by atoms with Crippen LogP contribution in [0.5, 0.6) is 0 Å². The van der Waals surface area contributed by atoms with Gasteiger partial charge in [0.2, 0.25) is 5.91 Å². The van der Waals surface area contributed by atoms with Gasteiger partial charge in [-0.2, -0.15) is 0 Å². The molecule has 3 rings (SSSR count). The molecule has 2 fully saturated rings. The topological polar surface area (TPSA) is 60.0 Å². The fourth-order valence-corrected chi connectivity index (χ4v) is 4.50. The molecule has 1 aromatic rings. The fourth-order valence-electron chi connectivity index (χ4n) is 4.50. The van der Waals surface area contributed by atoms with Gasteiger partial charge >= 0.3 is 0 Å². The van der Waals surface area contributed by atoms with Gasteiger partial charge in [0, 0.05) is 65.2 Å². The van der Waals surface area contributed by atoms with Crippen LogP contribution in [0.15, 0.2) is 35.3 Å². The normalized spacial score (nSPS) is 20.2. The summed E-state index contributed by atoms with van der Waals surface area (Å²) < 4.78 is 0. The lowest BCUT2D eigenvalue weighted by atomic mass is 9.79. The quantitative estimate of drug-likeness (QED) is 0.579. The zero-order chi connectivity index (χ0) is 19.8. The molecule has 1 heterocycles. The van der Waals surface area contributed by atoms with Gasteiger partial charge in [-0.15, -0.1) is 0 Å². The first-order valence-corrected chi connectivity index (χ1v) is 10.6. The van der Waals surface area contributed by atoms with E-state index < -0.39 is 0 Å². The van der Waals surface area contributed by atoms with E-state index in [0.29, 0.717) is 0 Å². The first-order chi connectivity index (χ1) is 13.6. The zero-order valence-electron chi connectivity index (χ0n) is 17.4. The highest BCUT2D eigenvalue weighted by molar-refractivity contribution is 5.79. The molecule has 1 aliphatic heterocycles. The Kier molecular flexibility index (Phi) is 7.31. The Morgan fingerprint density at radius 2 is 1.75 bits per heavy atom. The summed E-state index contributed by atoms with van der Waals surface area (Å²) in [4.78, 5) is 20.2. The van der Waals surface area contributed by atoms with Crippen molar-refractivity contribution in [3.05, 3.63) is 35.9 Å². The third-order valence-corrected chi connectivity index (χ3v) is 6.30. The van der Waals surface area contributed by atoms with Gasteiger partial charge in [0.25, 0.3) is 0 Å². The van der Waals surface area contributed by atoms with E-state index in [4.69, 9.17) is 0 Å². The Morgan fingerprint density at radius 3 is 2.36 bits per heavy atom. The van der Waals surface area contributed by atoms with Crippen LogP contribution in [0.2, 0.25) is 0 Å². The van der Waals surface area contributed by atoms with Crippen molar-refractivity contribution in [2.24, 2.45) is 4.99 Å². The number of amides is 1. The second kappa shape index (κ2) is 9.92. The molecule has 1 aromatic carbocycles. The molecular formula is C22H35N5O. The number of piperazine rings is 1. The van der Waals surface area contributed by atoms with Crippen LogP contribution in [-0.2, 0) is 10.2 Å². The van der Waals surface area contributed by atoms with Crippen LogP contribution in [0.25, 0.3) is 0 Å². The Morgan fingerprint density at radius 1 is 1.07 bits per heavy atom. The van der Waals surface area contributed by atoms with Gasteiger partial charge < -0.3 is 15.5 Å². The maximum atomic E-state index is 11.4. The second-order valence-corrected chi connectivity index (χ2v) is 8.05. The van der Waals surface area contributed by atoms with Crippen LogP contribution >= 0.6 is 0 Å². The number of carbonyl (C=O) groups excluding carboxylic acids is 1. The molecule has 28 heavy (non-hydrogen) atoms. The highest BCUT2D eigenvalue weighted by Gasteiger charge is 2.35. The van der Waals surface area contributed by atoms with Crippen molar-refractivity contribution in [2.45, 2.75) is 38.0 Å². The van der Waals surface area contributed by atoms with E-state index in [1.807, 2.05) is 11.9 Å². The molecule has 0 aromatic heterocycles. The fraction of sp³-hybridized carbons (Fsp3) is 0.636. The van der Waals surface area contributed by atoms with E-state index in [2.05, 4.69) is 50.9 Å². The third-order valence-electron chi connectivity index (χ3n) is 6.30. The number of hydrogen-bond acceptors (Lipinski definition) is 3. The standard InChI is InChI=1S/C22H35N5O/c1-19(28)27-16-14-26(15-17-27)13-12-24-21(23-2)25-18-22(10-6-7-11-22)20-8-4-3-5-9-20/h3-5,8-9H,6-7,10-18H2,1-2H3,(H2,23,24,25). The zero-order valence-corrected chi connectivity index (χ0v) is 17.4. The molecule has 2 N–H and O–H groups in total. The van der Waals surface area contributed by atoms with Gasteiger partial charge in [0.1, 0.15) is 0 Å². The average molecular weight is 386 g/mol. The smallest absolute Gasteiger partial charge is 0.219 e. The van der Waals surface area contributed by atoms with Crippen LogP contribution < -0.4 is 10.6 Å². The van der Waals surface area contributed by atoms with Gasteiger partial charge in [0.05, 0.1) is 0 Å². The lowest BCUT2D eigenvalue weighted by Crippen LogP contribution is -2.51. The Hall–Kier alpha value is -2.08. The van der Waals surface area contributed by atoms with Crippen molar-refractivity contribution in [3.63, 3.8) is 0 Å². The SMILES string of the molecule is CN=C(NCCN1CCN(C(C)=O)CC1)NCC1(c2ccccc2)CCCC1. The number of benzene rings is 1. The number of guanidine groups is 1. The molecule has 1 aliphatic carbocycles. The minimum absolute atomic E-state index is 0.182. The molecular weight excluding hydrogens is 350 g/mol. The van der Waals surface area contributed by atoms with Crippen molar-refractivity contribution in [2.75, 3.05) is 52.9 Å². The van der Waals surface area contributed by atoms with Crippen LogP contribution in [-0.4, -0.2) is 74.5 Å². The summed E-state index contributed by atoms with van der Waals surface area (Å²) in [5.74, 6) is 1.06. The summed E-state index contributed by atoms with van der Waals surface area (Å²) in [5, 5.41) is 7.04.